The van der Waals surface area contributed by atoms with Gasteiger partial charge in [0.25, 0.3) is 0 Å². The molecule has 0 saturated carbocycles. The topological polar surface area (TPSA) is 124 Å². The van der Waals surface area contributed by atoms with Gasteiger partial charge in [0, 0.05) is 0 Å². The summed E-state index contributed by atoms with van der Waals surface area (Å²) in [5.74, 6) is -0.852. The van der Waals surface area contributed by atoms with Crippen LogP contribution in [-0.4, -0.2) is 41.3 Å². The lowest BCUT2D eigenvalue weighted by Gasteiger charge is -1.72. The minimum atomic E-state index is -4.67. The number of aliphatic carboxylic acids is 1. The Labute approximate surface area is 62.2 Å². The van der Waals surface area contributed by atoms with E-state index in [2.05, 4.69) is 4.74 Å². The minimum Gasteiger partial charge on any atom is -0.479 e. The van der Waals surface area contributed by atoms with Gasteiger partial charge in [0.1, 0.15) is 0 Å². The predicted molar refractivity (Wildman–Crippen MR) is 31.6 cm³/mol. The molecule has 8 heteroatoms. The second kappa shape index (κ2) is 3.62. The van der Waals surface area contributed by atoms with Crippen LogP contribution in [0.5, 0.6) is 0 Å². The summed E-state index contributed by atoms with van der Waals surface area (Å²) in [5, 5.41) is 7.93. The molecule has 7 nitrogen and oxygen atoms in total. The van der Waals surface area contributed by atoms with E-state index in [4.69, 9.17) is 22.6 Å². The average molecular weight is 186 g/mol. The molecule has 0 amide bonds. The van der Waals surface area contributed by atoms with Crippen LogP contribution in [0.3, 0.4) is 0 Å². The van der Waals surface area contributed by atoms with Crippen molar-refractivity contribution in [3.63, 3.8) is 0 Å². The molecule has 0 aromatic heterocycles. The Morgan fingerprint density at radius 3 is 1.73 bits per heavy atom. The number of epoxide rings is 1. The highest BCUT2D eigenvalue weighted by atomic mass is 32.3. The molecule has 0 aliphatic carbocycles. The summed E-state index contributed by atoms with van der Waals surface area (Å²) in [5.41, 5.74) is 0. The fourth-order valence-electron chi connectivity index (χ4n) is 0.191. The van der Waals surface area contributed by atoms with Crippen LogP contribution in [0.25, 0.3) is 0 Å². The number of rotatable bonds is 1. The van der Waals surface area contributed by atoms with Gasteiger partial charge >= 0.3 is 16.4 Å². The molecular weight excluding hydrogens is 180 g/mol. The van der Waals surface area contributed by atoms with Crippen molar-refractivity contribution in [1.29, 1.82) is 0 Å². The van der Waals surface area contributed by atoms with Gasteiger partial charge in [-0.15, -0.1) is 0 Å². The highest BCUT2D eigenvalue weighted by Crippen LogP contribution is 2.06. The normalized spacial score (nSPS) is 21.5. The average Bonchev–Trinajstić information content (AvgIpc) is 2.34. The monoisotopic (exact) mass is 186 g/mol. The zero-order valence-corrected chi connectivity index (χ0v) is 5.98. The van der Waals surface area contributed by atoms with Gasteiger partial charge in [-0.05, 0) is 0 Å². The number of carbonyl (C=O) groups is 1. The lowest BCUT2D eigenvalue weighted by Crippen LogP contribution is -2.02. The Morgan fingerprint density at radius 1 is 1.45 bits per heavy atom. The first-order valence-electron chi connectivity index (χ1n) is 2.35. The first kappa shape index (κ1) is 10.3. The molecule has 1 saturated heterocycles. The number of carboxylic acid groups (broad SMARTS) is 1. The zero-order valence-electron chi connectivity index (χ0n) is 5.17. The molecule has 3 N–H and O–H groups in total. The summed E-state index contributed by atoms with van der Waals surface area (Å²) in [6.45, 7) is 0.398. The number of hydrogen-bond acceptors (Lipinski definition) is 4. The number of hydrogen-bond donors (Lipinski definition) is 3. The van der Waals surface area contributed by atoms with E-state index < -0.39 is 22.5 Å². The molecule has 1 rings (SSSR count). The van der Waals surface area contributed by atoms with Crippen molar-refractivity contribution in [3.05, 3.63) is 0 Å². The zero-order chi connectivity index (χ0) is 9.07. The molecule has 1 heterocycles. The third kappa shape index (κ3) is 12.5. The van der Waals surface area contributed by atoms with Crippen LogP contribution in [-0.2, 0) is 19.9 Å². The molecule has 1 fully saturated rings. The van der Waals surface area contributed by atoms with Crippen LogP contribution >= 0.6 is 0 Å². The molecule has 1 aliphatic heterocycles. The molecule has 66 valence electrons. The first-order valence-corrected chi connectivity index (χ1v) is 3.74. The van der Waals surface area contributed by atoms with Gasteiger partial charge in [-0.1, -0.05) is 0 Å². The van der Waals surface area contributed by atoms with Gasteiger partial charge in [0.15, 0.2) is 6.10 Å². The number of carboxylic acids is 1. The summed E-state index contributed by atoms with van der Waals surface area (Å²) in [6.07, 6.45) is -0.481. The van der Waals surface area contributed by atoms with Gasteiger partial charge in [0.05, 0.1) is 6.61 Å². The molecule has 0 aromatic carbocycles. The molecule has 1 atom stereocenters. The smallest absolute Gasteiger partial charge is 0.394 e. The Bertz CT molecular complexity index is 216. The highest BCUT2D eigenvalue weighted by molar-refractivity contribution is 7.79. The molecule has 1 unspecified atom stereocenters. The third-order valence-electron chi connectivity index (χ3n) is 0.609. The van der Waals surface area contributed by atoms with Gasteiger partial charge in [-0.3, -0.25) is 9.11 Å². The van der Waals surface area contributed by atoms with E-state index >= 15 is 0 Å². The van der Waals surface area contributed by atoms with E-state index in [1.165, 1.54) is 0 Å². The van der Waals surface area contributed by atoms with E-state index in [1.807, 2.05) is 0 Å². The van der Waals surface area contributed by atoms with Crippen LogP contribution in [0.1, 0.15) is 0 Å². The van der Waals surface area contributed by atoms with Crippen molar-refractivity contribution < 1.29 is 32.2 Å². The fourth-order valence-corrected chi connectivity index (χ4v) is 0.191. The van der Waals surface area contributed by atoms with Crippen LogP contribution in [0.2, 0.25) is 0 Å². The Balaban J connectivity index is 0.000000187. The van der Waals surface area contributed by atoms with E-state index in [1.54, 1.807) is 0 Å². The summed E-state index contributed by atoms with van der Waals surface area (Å²) in [4.78, 5) is 9.64. The fraction of sp³-hybridized carbons (Fsp3) is 0.667. The summed E-state index contributed by atoms with van der Waals surface area (Å²) in [6, 6.07) is 0. The van der Waals surface area contributed by atoms with Crippen molar-refractivity contribution >= 4 is 16.4 Å². The van der Waals surface area contributed by atoms with E-state index in [0.717, 1.165) is 0 Å². The lowest BCUT2D eigenvalue weighted by molar-refractivity contribution is -0.138. The predicted octanol–water partition coefficient (Wildman–Crippen LogP) is -1.18. The summed E-state index contributed by atoms with van der Waals surface area (Å²) < 4.78 is 36.0. The van der Waals surface area contributed by atoms with Gasteiger partial charge in [-0.25, -0.2) is 4.79 Å². The van der Waals surface area contributed by atoms with Crippen molar-refractivity contribution in [2.45, 2.75) is 6.10 Å². The maximum absolute atomic E-state index is 9.64. The molecule has 0 bridgehead atoms. The Kier molecular flexibility index (Phi) is 3.39. The van der Waals surface area contributed by atoms with Gasteiger partial charge < -0.3 is 9.84 Å². The summed E-state index contributed by atoms with van der Waals surface area (Å²) in [7, 11) is -4.67. The van der Waals surface area contributed by atoms with Gasteiger partial charge in [-0.2, -0.15) is 8.42 Å². The van der Waals surface area contributed by atoms with Crippen LogP contribution in [0, 0.1) is 0 Å². The Hall–Kier alpha value is -0.700. The van der Waals surface area contributed by atoms with E-state index in [-0.39, 0.29) is 0 Å². The van der Waals surface area contributed by atoms with Crippen molar-refractivity contribution in [1.82, 2.24) is 0 Å². The number of ether oxygens (including phenoxy) is 1. The quantitative estimate of drug-likeness (QED) is 0.347. The maximum atomic E-state index is 9.64. The molecule has 0 spiro atoms. The lowest BCUT2D eigenvalue weighted by atomic mass is 10.5. The molecular formula is C3H6O7S. The van der Waals surface area contributed by atoms with E-state index in [9.17, 15) is 4.79 Å². The van der Waals surface area contributed by atoms with Crippen molar-refractivity contribution in [3.8, 4) is 0 Å². The molecule has 0 aromatic rings. The van der Waals surface area contributed by atoms with Crippen molar-refractivity contribution in [2.24, 2.45) is 0 Å². The Morgan fingerprint density at radius 2 is 1.73 bits per heavy atom. The second-order valence-corrected chi connectivity index (χ2v) is 2.50. The minimum absolute atomic E-state index is 0.398. The SMILES string of the molecule is O=C(O)C1CO1.O=S(=O)(O)O. The molecule has 11 heavy (non-hydrogen) atoms. The van der Waals surface area contributed by atoms with Gasteiger partial charge in [0.2, 0.25) is 0 Å². The standard InChI is InChI=1S/C3H4O3.H2O4S/c4-3(5)2-1-6-2;1-5(2,3)4/h2H,1H2,(H,4,5);(H2,1,2,3,4). The largest absolute Gasteiger partial charge is 0.479 e. The highest BCUT2D eigenvalue weighted by Gasteiger charge is 2.30. The van der Waals surface area contributed by atoms with E-state index in [0.29, 0.717) is 6.61 Å². The molecule has 1 aliphatic rings. The summed E-state index contributed by atoms with van der Waals surface area (Å²) >= 11 is 0. The van der Waals surface area contributed by atoms with Crippen molar-refractivity contribution in [2.75, 3.05) is 6.61 Å². The maximum Gasteiger partial charge on any atom is 0.394 e. The second-order valence-electron chi connectivity index (χ2n) is 1.61. The third-order valence-corrected chi connectivity index (χ3v) is 0.609. The van der Waals surface area contributed by atoms with Crippen LogP contribution in [0.15, 0.2) is 0 Å². The van der Waals surface area contributed by atoms with Crippen LogP contribution < -0.4 is 0 Å². The van der Waals surface area contributed by atoms with Crippen LogP contribution in [0.4, 0.5) is 0 Å². The first-order chi connectivity index (χ1) is 4.80. The molecule has 0 radical (unpaired) electrons.